The number of benzene rings is 1. The lowest BCUT2D eigenvalue weighted by Gasteiger charge is -2.20. The molecule has 0 fully saturated rings. The number of methoxy groups -OCH3 is 1. The molecule has 1 atom stereocenters. The lowest BCUT2D eigenvalue weighted by molar-refractivity contribution is -0.142. The topological polar surface area (TPSA) is 55.6 Å². The minimum Gasteiger partial charge on any atom is -0.468 e. The van der Waals surface area contributed by atoms with E-state index < -0.39 is 12.0 Å². The molecule has 0 spiro atoms. The van der Waals surface area contributed by atoms with Crippen LogP contribution in [0.3, 0.4) is 0 Å². The van der Waals surface area contributed by atoms with Gasteiger partial charge < -0.3 is 15.4 Å². The number of hydrogen-bond donors (Lipinski definition) is 1. The van der Waals surface area contributed by atoms with Gasteiger partial charge in [-0.1, -0.05) is 6.07 Å². The molecule has 2 N–H and O–H groups in total. The van der Waals surface area contributed by atoms with E-state index in [2.05, 4.69) is 4.74 Å². The standard InChI is InChI=1S/C12H17FN2O2/c1-15(7-6-11(14)12(16)17-2)10-5-3-4-9(13)8-10/h3-5,8,11H,6-7,14H2,1-2H3. The molecule has 5 heteroatoms. The summed E-state index contributed by atoms with van der Waals surface area (Å²) in [6.07, 6.45) is 0.458. The van der Waals surface area contributed by atoms with Gasteiger partial charge in [0.25, 0.3) is 0 Å². The van der Waals surface area contributed by atoms with Crippen molar-refractivity contribution in [1.82, 2.24) is 0 Å². The third-order valence-electron chi connectivity index (χ3n) is 2.53. The number of carbonyl (C=O) groups is 1. The normalized spacial score (nSPS) is 12.0. The van der Waals surface area contributed by atoms with Gasteiger partial charge in [-0.2, -0.15) is 0 Å². The van der Waals surface area contributed by atoms with E-state index in [-0.39, 0.29) is 5.82 Å². The molecule has 0 saturated carbocycles. The molecule has 4 nitrogen and oxygen atoms in total. The van der Waals surface area contributed by atoms with Crippen molar-refractivity contribution in [3.63, 3.8) is 0 Å². The summed E-state index contributed by atoms with van der Waals surface area (Å²) in [5.74, 6) is -0.718. The zero-order valence-electron chi connectivity index (χ0n) is 10.0. The molecule has 0 amide bonds. The number of nitrogens with zero attached hydrogens (tertiary/aromatic N) is 1. The fraction of sp³-hybridized carbons (Fsp3) is 0.417. The summed E-state index contributed by atoms with van der Waals surface area (Å²) in [5, 5.41) is 0. The predicted molar refractivity (Wildman–Crippen MR) is 64.3 cm³/mol. The molecule has 0 aromatic heterocycles. The first-order valence-corrected chi connectivity index (χ1v) is 5.34. The van der Waals surface area contributed by atoms with E-state index in [1.807, 2.05) is 11.9 Å². The predicted octanol–water partition coefficient (Wildman–Crippen LogP) is 1.15. The number of ether oxygens (including phenoxy) is 1. The van der Waals surface area contributed by atoms with Gasteiger partial charge in [-0.05, 0) is 24.6 Å². The molecular weight excluding hydrogens is 223 g/mol. The Morgan fingerprint density at radius 3 is 2.88 bits per heavy atom. The van der Waals surface area contributed by atoms with Gasteiger partial charge in [-0.15, -0.1) is 0 Å². The highest BCUT2D eigenvalue weighted by Gasteiger charge is 2.14. The SMILES string of the molecule is COC(=O)C(N)CCN(C)c1cccc(F)c1. The molecule has 0 aliphatic carbocycles. The van der Waals surface area contributed by atoms with E-state index in [1.165, 1.54) is 19.2 Å². The van der Waals surface area contributed by atoms with Crippen molar-refractivity contribution < 1.29 is 13.9 Å². The van der Waals surface area contributed by atoms with Crippen molar-refractivity contribution in [3.8, 4) is 0 Å². The van der Waals surface area contributed by atoms with Gasteiger partial charge in [0.15, 0.2) is 0 Å². The fourth-order valence-electron chi connectivity index (χ4n) is 1.44. The van der Waals surface area contributed by atoms with Crippen molar-refractivity contribution in [2.45, 2.75) is 12.5 Å². The summed E-state index contributed by atoms with van der Waals surface area (Å²) in [7, 11) is 3.12. The minimum absolute atomic E-state index is 0.286. The van der Waals surface area contributed by atoms with E-state index in [0.29, 0.717) is 13.0 Å². The minimum atomic E-state index is -0.643. The summed E-state index contributed by atoms with van der Waals surface area (Å²) in [6, 6.07) is 5.62. The second kappa shape index (κ2) is 6.20. The molecule has 17 heavy (non-hydrogen) atoms. The summed E-state index contributed by atoms with van der Waals surface area (Å²) >= 11 is 0. The van der Waals surface area contributed by atoms with E-state index in [1.54, 1.807) is 12.1 Å². The third kappa shape index (κ3) is 4.03. The monoisotopic (exact) mass is 240 g/mol. The molecule has 0 radical (unpaired) electrons. The van der Waals surface area contributed by atoms with Gasteiger partial charge in [0.1, 0.15) is 11.9 Å². The number of rotatable bonds is 5. The van der Waals surface area contributed by atoms with Crippen LogP contribution in [-0.2, 0) is 9.53 Å². The maximum absolute atomic E-state index is 13.0. The number of halogens is 1. The van der Waals surface area contributed by atoms with Crippen LogP contribution in [0.15, 0.2) is 24.3 Å². The molecule has 1 aromatic rings. The highest BCUT2D eigenvalue weighted by atomic mass is 19.1. The van der Waals surface area contributed by atoms with Crippen LogP contribution in [0.1, 0.15) is 6.42 Å². The smallest absolute Gasteiger partial charge is 0.322 e. The summed E-state index contributed by atoms with van der Waals surface area (Å²) in [5.41, 5.74) is 6.36. The molecule has 94 valence electrons. The quantitative estimate of drug-likeness (QED) is 0.784. The molecule has 0 heterocycles. The lowest BCUT2D eigenvalue weighted by Crippen LogP contribution is -2.35. The molecule has 0 bridgehead atoms. The molecule has 1 aromatic carbocycles. The van der Waals surface area contributed by atoms with Gasteiger partial charge in [-0.25, -0.2) is 4.39 Å². The Morgan fingerprint density at radius 1 is 1.59 bits per heavy atom. The van der Waals surface area contributed by atoms with Crippen LogP contribution in [0, 0.1) is 5.82 Å². The zero-order valence-corrected chi connectivity index (χ0v) is 10.0. The van der Waals surface area contributed by atoms with Gasteiger partial charge in [0.2, 0.25) is 0 Å². The average Bonchev–Trinajstić information content (AvgIpc) is 2.34. The average molecular weight is 240 g/mol. The lowest BCUT2D eigenvalue weighted by atomic mass is 10.2. The van der Waals surface area contributed by atoms with Crippen molar-refractivity contribution in [3.05, 3.63) is 30.1 Å². The fourth-order valence-corrected chi connectivity index (χ4v) is 1.44. The zero-order chi connectivity index (χ0) is 12.8. The van der Waals surface area contributed by atoms with Crippen molar-refractivity contribution in [1.29, 1.82) is 0 Å². The second-order valence-corrected chi connectivity index (χ2v) is 3.82. The Bertz CT molecular complexity index is 385. The van der Waals surface area contributed by atoms with Crippen LogP contribution in [0.25, 0.3) is 0 Å². The number of nitrogens with two attached hydrogens (primary N) is 1. The highest BCUT2D eigenvalue weighted by molar-refractivity contribution is 5.75. The number of hydrogen-bond acceptors (Lipinski definition) is 4. The van der Waals surface area contributed by atoms with Gasteiger partial charge in [-0.3, -0.25) is 4.79 Å². The Kier molecular flexibility index (Phi) is 4.90. The molecule has 0 saturated heterocycles. The first kappa shape index (κ1) is 13.4. The van der Waals surface area contributed by atoms with Crippen molar-refractivity contribution in [2.24, 2.45) is 5.73 Å². The summed E-state index contributed by atoms with van der Waals surface area (Å²) in [4.78, 5) is 12.9. The first-order valence-electron chi connectivity index (χ1n) is 5.34. The highest BCUT2D eigenvalue weighted by Crippen LogP contribution is 2.14. The largest absolute Gasteiger partial charge is 0.468 e. The van der Waals surface area contributed by atoms with Crippen LogP contribution in [0.5, 0.6) is 0 Å². The van der Waals surface area contributed by atoms with Crippen LogP contribution >= 0.6 is 0 Å². The van der Waals surface area contributed by atoms with E-state index in [9.17, 15) is 9.18 Å². The van der Waals surface area contributed by atoms with Crippen LogP contribution in [-0.4, -0.2) is 32.7 Å². The van der Waals surface area contributed by atoms with Crippen LogP contribution in [0.2, 0.25) is 0 Å². The molecule has 0 aliphatic rings. The Morgan fingerprint density at radius 2 is 2.29 bits per heavy atom. The summed E-state index contributed by atoms with van der Waals surface area (Å²) < 4.78 is 17.5. The van der Waals surface area contributed by atoms with E-state index >= 15 is 0 Å². The maximum atomic E-state index is 13.0. The molecular formula is C12H17FN2O2. The van der Waals surface area contributed by atoms with Crippen molar-refractivity contribution >= 4 is 11.7 Å². The van der Waals surface area contributed by atoms with E-state index in [0.717, 1.165) is 5.69 Å². The Balaban J connectivity index is 2.50. The first-order chi connectivity index (χ1) is 8.04. The van der Waals surface area contributed by atoms with Gasteiger partial charge >= 0.3 is 5.97 Å². The maximum Gasteiger partial charge on any atom is 0.322 e. The number of carbonyl (C=O) groups excluding carboxylic acids is 1. The molecule has 1 rings (SSSR count). The molecule has 1 unspecified atom stereocenters. The summed E-state index contributed by atoms with van der Waals surface area (Å²) in [6.45, 7) is 0.555. The van der Waals surface area contributed by atoms with E-state index in [4.69, 9.17) is 5.73 Å². The Labute approximate surface area is 100 Å². The number of anilines is 1. The van der Waals surface area contributed by atoms with Crippen molar-refractivity contribution in [2.75, 3.05) is 25.6 Å². The third-order valence-corrected chi connectivity index (χ3v) is 2.53. The Hall–Kier alpha value is -1.62. The number of esters is 1. The van der Waals surface area contributed by atoms with Crippen LogP contribution in [0.4, 0.5) is 10.1 Å². The second-order valence-electron chi connectivity index (χ2n) is 3.82. The van der Waals surface area contributed by atoms with Gasteiger partial charge in [0, 0.05) is 19.3 Å². The van der Waals surface area contributed by atoms with Gasteiger partial charge in [0.05, 0.1) is 7.11 Å². The van der Waals surface area contributed by atoms with Crippen LogP contribution < -0.4 is 10.6 Å². The molecule has 0 aliphatic heterocycles.